The van der Waals surface area contributed by atoms with Crippen LogP contribution in [0.15, 0.2) is 69.4 Å². The highest BCUT2D eigenvalue weighted by atomic mass is 79.9. The number of nitrogens with zero attached hydrogens (tertiary/aromatic N) is 3. The maximum atomic E-state index is 12.9. The maximum absolute atomic E-state index is 12.9. The number of rotatable bonds is 4. The lowest BCUT2D eigenvalue weighted by molar-refractivity contribution is -0.116. The summed E-state index contributed by atoms with van der Waals surface area (Å²) in [5.41, 5.74) is 5.40. The molecule has 2 aliphatic rings. The highest BCUT2D eigenvalue weighted by Crippen LogP contribution is 2.41. The smallest absolute Gasteiger partial charge is 0.227 e. The number of Topliss-reactive ketones (excluding diaryl/α,β-unsaturated/α-hetero) is 1. The van der Waals surface area contributed by atoms with Crippen molar-refractivity contribution in [3.05, 3.63) is 81.0 Å². The Morgan fingerprint density at radius 3 is 2.90 bits per heavy atom. The molecule has 1 aromatic heterocycles. The largest absolute Gasteiger partial charge is 0.328 e. The molecule has 0 saturated heterocycles. The Labute approximate surface area is 188 Å². The number of fused-ring (bicyclic) bond motifs is 1. The summed E-state index contributed by atoms with van der Waals surface area (Å²) in [5, 5.41) is 8.93. The van der Waals surface area contributed by atoms with Crippen molar-refractivity contribution >= 4 is 39.4 Å². The van der Waals surface area contributed by atoms with Crippen LogP contribution in [0.1, 0.15) is 42.0 Å². The molecule has 0 radical (unpaired) electrons. The fraction of sp³-hybridized carbons (Fsp3) is 0.261. The second-order valence-corrected chi connectivity index (χ2v) is 9.49. The molecule has 7 heteroatoms. The SMILES string of the molecule is Cc1ccccc1CSc1nc2n(n1)C(c1cccc(Br)c1)C1=C(CCCC1=O)N2. The van der Waals surface area contributed by atoms with Crippen molar-refractivity contribution in [2.75, 3.05) is 5.32 Å². The first-order valence-corrected chi connectivity index (χ1v) is 11.8. The second kappa shape index (κ2) is 8.04. The van der Waals surface area contributed by atoms with E-state index in [1.165, 1.54) is 11.1 Å². The Bertz CT molecular complexity index is 1170. The third kappa shape index (κ3) is 3.61. The average Bonchev–Trinajstić information content (AvgIpc) is 3.14. The van der Waals surface area contributed by atoms with Gasteiger partial charge >= 0.3 is 0 Å². The lowest BCUT2D eigenvalue weighted by atomic mass is 9.85. The zero-order valence-corrected chi connectivity index (χ0v) is 19.0. The van der Waals surface area contributed by atoms with E-state index in [9.17, 15) is 4.79 Å². The van der Waals surface area contributed by atoms with Crippen LogP contribution >= 0.6 is 27.7 Å². The predicted octanol–water partition coefficient (Wildman–Crippen LogP) is 5.66. The number of aromatic nitrogens is 3. The Kier molecular flexibility index (Phi) is 5.25. The Morgan fingerprint density at radius 1 is 1.20 bits per heavy atom. The van der Waals surface area contributed by atoms with Crippen molar-refractivity contribution in [1.29, 1.82) is 0 Å². The van der Waals surface area contributed by atoms with Gasteiger partial charge in [-0.1, -0.05) is 64.1 Å². The maximum Gasteiger partial charge on any atom is 0.227 e. The van der Waals surface area contributed by atoms with Gasteiger partial charge in [0.05, 0.1) is 0 Å². The molecule has 5 nitrogen and oxygen atoms in total. The minimum Gasteiger partial charge on any atom is -0.328 e. The van der Waals surface area contributed by atoms with Crippen LogP contribution in [0.5, 0.6) is 0 Å². The summed E-state index contributed by atoms with van der Waals surface area (Å²) in [6.45, 7) is 2.12. The second-order valence-electron chi connectivity index (χ2n) is 7.63. The minimum absolute atomic E-state index is 0.198. The van der Waals surface area contributed by atoms with E-state index in [1.807, 2.05) is 16.8 Å². The summed E-state index contributed by atoms with van der Waals surface area (Å²) < 4.78 is 2.86. The summed E-state index contributed by atoms with van der Waals surface area (Å²) >= 11 is 5.19. The quantitative estimate of drug-likeness (QED) is 0.487. The highest BCUT2D eigenvalue weighted by Gasteiger charge is 2.36. The first-order valence-electron chi connectivity index (χ1n) is 10.0. The molecule has 30 heavy (non-hydrogen) atoms. The molecule has 152 valence electrons. The number of aryl methyl sites for hydroxylation is 1. The average molecular weight is 481 g/mol. The molecular formula is C23H21BrN4OS. The molecule has 0 saturated carbocycles. The molecule has 1 N–H and O–H groups in total. The Balaban J connectivity index is 1.52. The van der Waals surface area contributed by atoms with Crippen LogP contribution in [0, 0.1) is 6.92 Å². The van der Waals surface area contributed by atoms with Gasteiger partial charge < -0.3 is 5.32 Å². The Hall–Kier alpha value is -2.38. The Morgan fingerprint density at radius 2 is 2.07 bits per heavy atom. The number of benzene rings is 2. The summed E-state index contributed by atoms with van der Waals surface area (Å²) in [7, 11) is 0. The molecule has 1 aliphatic carbocycles. The van der Waals surface area contributed by atoms with Crippen molar-refractivity contribution in [3.8, 4) is 0 Å². The minimum atomic E-state index is -0.248. The van der Waals surface area contributed by atoms with Gasteiger partial charge in [-0.15, -0.1) is 5.10 Å². The van der Waals surface area contributed by atoms with Crippen molar-refractivity contribution in [2.45, 2.75) is 43.1 Å². The van der Waals surface area contributed by atoms with Crippen molar-refractivity contribution in [1.82, 2.24) is 14.8 Å². The zero-order valence-electron chi connectivity index (χ0n) is 16.6. The number of hydrogen-bond donors (Lipinski definition) is 1. The third-order valence-corrected chi connectivity index (χ3v) is 7.01. The number of halogens is 1. The van der Waals surface area contributed by atoms with Gasteiger partial charge in [0.15, 0.2) is 5.78 Å². The standard InChI is InChI=1S/C23H21BrN4OS/c1-14-6-2-3-7-16(14)13-30-23-26-22-25-18-10-5-11-19(29)20(18)21(28(22)27-23)15-8-4-9-17(24)12-15/h2-4,6-9,12,21H,5,10-11,13H2,1H3,(H,25,26,27). The van der Waals surface area contributed by atoms with Gasteiger partial charge in [-0.25, -0.2) is 4.68 Å². The van der Waals surface area contributed by atoms with Gasteiger partial charge in [0, 0.05) is 27.9 Å². The van der Waals surface area contributed by atoms with Crippen LogP contribution in [0.2, 0.25) is 0 Å². The van der Waals surface area contributed by atoms with E-state index in [2.05, 4.69) is 64.6 Å². The third-order valence-electron chi connectivity index (χ3n) is 5.63. The number of carbonyl (C=O) groups excluding carboxylic acids is 1. The molecule has 2 heterocycles. The molecule has 2 aromatic carbocycles. The molecule has 0 amide bonds. The highest BCUT2D eigenvalue weighted by molar-refractivity contribution is 9.10. The van der Waals surface area contributed by atoms with E-state index in [1.54, 1.807) is 11.8 Å². The molecule has 0 fully saturated rings. The van der Waals surface area contributed by atoms with Crippen molar-refractivity contribution in [3.63, 3.8) is 0 Å². The van der Waals surface area contributed by atoms with Gasteiger partial charge in [-0.3, -0.25) is 4.79 Å². The lowest BCUT2D eigenvalue weighted by Gasteiger charge is -2.32. The molecule has 5 rings (SSSR count). The molecule has 0 bridgehead atoms. The predicted molar refractivity (Wildman–Crippen MR) is 123 cm³/mol. The van der Waals surface area contributed by atoms with E-state index < -0.39 is 0 Å². The van der Waals surface area contributed by atoms with E-state index in [4.69, 9.17) is 10.1 Å². The number of thioether (sulfide) groups is 1. The fourth-order valence-corrected chi connectivity index (χ4v) is 5.42. The zero-order chi connectivity index (χ0) is 20.7. The van der Waals surface area contributed by atoms with Crippen LogP contribution < -0.4 is 5.32 Å². The first kappa shape index (κ1) is 19.6. The number of ketones is 1. The summed E-state index contributed by atoms with van der Waals surface area (Å²) in [5.74, 6) is 1.72. The van der Waals surface area contributed by atoms with Crippen molar-refractivity contribution < 1.29 is 4.79 Å². The molecule has 0 spiro atoms. The molecule has 1 atom stereocenters. The first-order chi connectivity index (χ1) is 14.6. The van der Waals surface area contributed by atoms with Crippen LogP contribution in [0.4, 0.5) is 5.95 Å². The number of allylic oxidation sites excluding steroid dienone is 2. The fourth-order valence-electron chi connectivity index (χ4n) is 4.10. The van der Waals surface area contributed by atoms with Crippen LogP contribution in [-0.2, 0) is 10.5 Å². The van der Waals surface area contributed by atoms with E-state index in [0.29, 0.717) is 17.5 Å². The molecule has 3 aromatic rings. The number of anilines is 1. The summed E-state index contributed by atoms with van der Waals surface area (Å²) in [6, 6.07) is 16.2. The normalized spacial score (nSPS) is 18.1. The van der Waals surface area contributed by atoms with Gasteiger partial charge in [0.2, 0.25) is 11.1 Å². The lowest BCUT2D eigenvalue weighted by Crippen LogP contribution is -2.31. The van der Waals surface area contributed by atoms with Crippen LogP contribution in [0.3, 0.4) is 0 Å². The molecule has 1 aliphatic heterocycles. The molecule has 1 unspecified atom stereocenters. The molecular weight excluding hydrogens is 460 g/mol. The van der Waals surface area contributed by atoms with Crippen LogP contribution in [0.25, 0.3) is 0 Å². The van der Waals surface area contributed by atoms with Gasteiger partial charge in [0.1, 0.15) is 6.04 Å². The number of carbonyl (C=O) groups is 1. The van der Waals surface area contributed by atoms with Crippen LogP contribution in [-0.4, -0.2) is 20.5 Å². The van der Waals surface area contributed by atoms with Gasteiger partial charge in [0.25, 0.3) is 0 Å². The van der Waals surface area contributed by atoms with E-state index in [0.717, 1.165) is 39.9 Å². The van der Waals surface area contributed by atoms with Crippen molar-refractivity contribution in [2.24, 2.45) is 0 Å². The summed E-state index contributed by atoms with van der Waals surface area (Å²) in [6.07, 6.45) is 2.33. The van der Waals surface area contributed by atoms with Gasteiger partial charge in [-0.2, -0.15) is 4.98 Å². The topological polar surface area (TPSA) is 59.8 Å². The van der Waals surface area contributed by atoms with E-state index >= 15 is 0 Å². The van der Waals surface area contributed by atoms with E-state index in [-0.39, 0.29) is 11.8 Å². The number of nitrogens with one attached hydrogen (secondary N) is 1. The van der Waals surface area contributed by atoms with Gasteiger partial charge in [-0.05, 0) is 48.6 Å². The number of hydrogen-bond acceptors (Lipinski definition) is 5. The summed E-state index contributed by atoms with van der Waals surface area (Å²) in [4.78, 5) is 17.6. The monoisotopic (exact) mass is 480 g/mol.